The fourth-order valence-corrected chi connectivity index (χ4v) is 3.93. The number of methoxy groups -OCH3 is 1. The van der Waals surface area contributed by atoms with Crippen LogP contribution in [0.1, 0.15) is 17.5 Å². The molecule has 1 aliphatic rings. The number of hydrogen-bond acceptors (Lipinski definition) is 7. The fourth-order valence-electron chi connectivity index (χ4n) is 3.01. The van der Waals surface area contributed by atoms with Gasteiger partial charge in [-0.05, 0) is 35.9 Å². The van der Waals surface area contributed by atoms with Crippen LogP contribution in [0.3, 0.4) is 0 Å². The van der Waals surface area contributed by atoms with Gasteiger partial charge in [-0.1, -0.05) is 35.6 Å². The molecule has 5 rings (SSSR count). The van der Waals surface area contributed by atoms with Gasteiger partial charge >= 0.3 is 0 Å². The lowest BCUT2D eigenvalue weighted by atomic mass is 10.2. The lowest BCUT2D eigenvalue weighted by Gasteiger charge is -2.24. The van der Waals surface area contributed by atoms with E-state index >= 15 is 0 Å². The molecule has 3 heterocycles. The van der Waals surface area contributed by atoms with Gasteiger partial charge in [0.2, 0.25) is 4.96 Å². The Morgan fingerprint density at radius 3 is 2.89 bits per heavy atom. The van der Waals surface area contributed by atoms with Crippen molar-refractivity contribution in [3.05, 3.63) is 74.8 Å². The molecule has 0 amide bonds. The van der Waals surface area contributed by atoms with E-state index in [-0.39, 0.29) is 5.56 Å². The number of hydrogen-bond donors (Lipinski definition) is 0. The average molecular weight is 393 g/mol. The Labute approximate surface area is 163 Å². The first-order valence-electron chi connectivity index (χ1n) is 8.65. The predicted molar refractivity (Wildman–Crippen MR) is 104 cm³/mol. The van der Waals surface area contributed by atoms with Gasteiger partial charge in [0.05, 0.1) is 11.6 Å². The van der Waals surface area contributed by atoms with Crippen LogP contribution in [0.5, 0.6) is 17.2 Å². The highest BCUT2D eigenvalue weighted by Gasteiger charge is 2.27. The molecule has 0 fully saturated rings. The highest BCUT2D eigenvalue weighted by Crippen LogP contribution is 2.35. The largest absolute Gasteiger partial charge is 0.497 e. The Hall–Kier alpha value is -3.39. The summed E-state index contributed by atoms with van der Waals surface area (Å²) < 4.78 is 18.7. The molecule has 8 heteroatoms. The van der Waals surface area contributed by atoms with Crippen molar-refractivity contribution in [2.75, 3.05) is 13.7 Å². The second-order valence-electron chi connectivity index (χ2n) is 6.22. The van der Waals surface area contributed by atoms with E-state index in [1.807, 2.05) is 54.6 Å². The van der Waals surface area contributed by atoms with E-state index < -0.39 is 6.10 Å². The molecule has 0 saturated heterocycles. The van der Waals surface area contributed by atoms with Crippen LogP contribution in [0.25, 0.3) is 11.0 Å². The van der Waals surface area contributed by atoms with Crippen molar-refractivity contribution in [1.29, 1.82) is 0 Å². The fraction of sp³-hybridized carbons (Fsp3) is 0.150. The SMILES string of the molecule is COc1cccc(/C=c2/sc3nc([C@@H]4COc5ccccc5O4)nn3c2=O)c1. The van der Waals surface area contributed by atoms with Crippen LogP contribution in [0.4, 0.5) is 0 Å². The van der Waals surface area contributed by atoms with Crippen LogP contribution in [-0.4, -0.2) is 28.3 Å². The summed E-state index contributed by atoms with van der Waals surface area (Å²) in [6.07, 6.45) is 1.36. The van der Waals surface area contributed by atoms with Gasteiger partial charge in [-0.2, -0.15) is 9.50 Å². The average Bonchev–Trinajstić information content (AvgIpc) is 3.27. The second kappa shape index (κ2) is 6.65. The third-order valence-corrected chi connectivity index (χ3v) is 5.35. The maximum atomic E-state index is 12.7. The smallest absolute Gasteiger partial charge is 0.291 e. The number of thiazole rings is 1. The molecule has 0 radical (unpaired) electrons. The zero-order valence-electron chi connectivity index (χ0n) is 14.9. The lowest BCUT2D eigenvalue weighted by Crippen LogP contribution is -2.26. The number of aromatic nitrogens is 3. The van der Waals surface area contributed by atoms with Crippen molar-refractivity contribution in [1.82, 2.24) is 14.6 Å². The molecule has 7 nitrogen and oxygen atoms in total. The van der Waals surface area contributed by atoms with Crippen molar-refractivity contribution < 1.29 is 14.2 Å². The highest BCUT2D eigenvalue weighted by molar-refractivity contribution is 7.15. The normalized spacial score (nSPS) is 16.5. The molecule has 0 unspecified atom stereocenters. The summed E-state index contributed by atoms with van der Waals surface area (Å²) in [7, 11) is 1.61. The van der Waals surface area contributed by atoms with Crippen LogP contribution < -0.4 is 24.3 Å². The zero-order valence-corrected chi connectivity index (χ0v) is 15.7. The lowest BCUT2D eigenvalue weighted by molar-refractivity contribution is 0.0852. The maximum Gasteiger partial charge on any atom is 0.291 e. The summed E-state index contributed by atoms with van der Waals surface area (Å²) in [6, 6.07) is 15.0. The number of rotatable bonds is 3. The molecule has 2 aromatic carbocycles. The summed E-state index contributed by atoms with van der Waals surface area (Å²) in [5.74, 6) is 2.51. The molecule has 0 spiro atoms. The molecule has 140 valence electrons. The molecule has 0 bridgehead atoms. The van der Waals surface area contributed by atoms with Crippen LogP contribution in [-0.2, 0) is 0 Å². The molecular weight excluding hydrogens is 378 g/mol. The van der Waals surface area contributed by atoms with Crippen molar-refractivity contribution in [2.45, 2.75) is 6.10 Å². The van der Waals surface area contributed by atoms with Crippen LogP contribution >= 0.6 is 11.3 Å². The van der Waals surface area contributed by atoms with E-state index in [0.29, 0.717) is 33.4 Å². The minimum atomic E-state index is -0.452. The van der Waals surface area contributed by atoms with Crippen LogP contribution in [0.2, 0.25) is 0 Å². The first-order valence-corrected chi connectivity index (χ1v) is 9.46. The van der Waals surface area contributed by atoms with Crippen molar-refractivity contribution in [3.8, 4) is 17.2 Å². The van der Waals surface area contributed by atoms with Gasteiger partial charge in [-0.3, -0.25) is 4.79 Å². The van der Waals surface area contributed by atoms with E-state index in [1.54, 1.807) is 7.11 Å². The quantitative estimate of drug-likeness (QED) is 0.531. The van der Waals surface area contributed by atoms with Gasteiger partial charge in [0, 0.05) is 0 Å². The second-order valence-corrected chi connectivity index (χ2v) is 7.23. The highest BCUT2D eigenvalue weighted by atomic mass is 32.1. The molecular formula is C20H15N3O4S. The minimum Gasteiger partial charge on any atom is -0.497 e. The van der Waals surface area contributed by atoms with Gasteiger partial charge in [0.15, 0.2) is 23.4 Å². The number of nitrogens with zero attached hydrogens (tertiary/aromatic N) is 3. The summed E-state index contributed by atoms with van der Waals surface area (Å²) in [6.45, 7) is 0.297. The molecule has 1 atom stereocenters. The molecule has 0 saturated carbocycles. The summed E-state index contributed by atoms with van der Waals surface area (Å²) in [4.78, 5) is 17.7. The number of benzene rings is 2. The van der Waals surface area contributed by atoms with Gasteiger partial charge < -0.3 is 14.2 Å². The van der Waals surface area contributed by atoms with E-state index in [1.165, 1.54) is 15.9 Å². The van der Waals surface area contributed by atoms with Gasteiger partial charge in [-0.15, -0.1) is 5.10 Å². The third kappa shape index (κ3) is 2.87. The van der Waals surface area contributed by atoms with Crippen molar-refractivity contribution in [3.63, 3.8) is 0 Å². The topological polar surface area (TPSA) is 74.9 Å². The standard InChI is InChI=1S/C20H15N3O4S/c1-25-13-6-4-5-12(9-13)10-17-19(24)23-20(28-17)21-18(22-23)16-11-26-14-7-2-3-8-15(14)27-16/h2-10,16H,11H2,1H3/b17-10+/t16-/m0/s1. The maximum absolute atomic E-state index is 12.7. The Morgan fingerprint density at radius 1 is 1.21 bits per heavy atom. The Morgan fingerprint density at radius 2 is 2.07 bits per heavy atom. The van der Waals surface area contributed by atoms with Crippen molar-refractivity contribution >= 4 is 22.4 Å². The zero-order chi connectivity index (χ0) is 19.1. The Balaban J connectivity index is 1.49. The molecule has 0 N–H and O–H groups in total. The van der Waals surface area contributed by atoms with E-state index in [0.717, 1.165) is 11.3 Å². The monoisotopic (exact) mass is 393 g/mol. The Kier molecular flexibility index (Phi) is 3.98. The summed E-state index contributed by atoms with van der Waals surface area (Å²) in [5, 5.41) is 4.36. The van der Waals surface area contributed by atoms with Gasteiger partial charge in [0.1, 0.15) is 12.4 Å². The van der Waals surface area contributed by atoms with E-state index in [2.05, 4.69) is 10.1 Å². The van der Waals surface area contributed by atoms with E-state index in [4.69, 9.17) is 14.2 Å². The molecule has 4 aromatic rings. The molecule has 0 aliphatic carbocycles. The predicted octanol–water partition coefficient (Wildman–Crippen LogP) is 2.22. The van der Waals surface area contributed by atoms with Gasteiger partial charge in [-0.25, -0.2) is 0 Å². The molecule has 28 heavy (non-hydrogen) atoms. The number of ether oxygens (including phenoxy) is 3. The summed E-state index contributed by atoms with van der Waals surface area (Å²) >= 11 is 1.29. The van der Waals surface area contributed by atoms with Crippen LogP contribution in [0.15, 0.2) is 53.3 Å². The number of para-hydroxylation sites is 2. The Bertz CT molecular complexity index is 1280. The third-order valence-electron chi connectivity index (χ3n) is 4.39. The molecule has 2 aromatic heterocycles. The molecule has 1 aliphatic heterocycles. The summed E-state index contributed by atoms with van der Waals surface area (Å²) in [5.41, 5.74) is 0.667. The van der Waals surface area contributed by atoms with Crippen LogP contribution in [0, 0.1) is 0 Å². The van der Waals surface area contributed by atoms with Crippen molar-refractivity contribution in [2.24, 2.45) is 0 Å². The first-order chi connectivity index (χ1) is 13.7. The minimum absolute atomic E-state index is 0.210. The first kappa shape index (κ1) is 16.8. The van der Waals surface area contributed by atoms with E-state index in [9.17, 15) is 4.79 Å². The number of fused-ring (bicyclic) bond motifs is 2. The van der Waals surface area contributed by atoms with Gasteiger partial charge in [0.25, 0.3) is 5.56 Å².